The molecular weight excluding hydrogens is 537 g/mol. The Morgan fingerprint density at radius 1 is 0.892 bits per heavy atom. The molecule has 0 unspecified atom stereocenters. The maximum atomic E-state index is 15.0. The molecule has 0 atom stereocenters. The molecular formula is C25H22F5NO4S2. The van der Waals surface area contributed by atoms with E-state index < -0.39 is 64.2 Å². The van der Waals surface area contributed by atoms with Gasteiger partial charge < -0.3 is 0 Å². The van der Waals surface area contributed by atoms with Crippen LogP contribution in [0.2, 0.25) is 0 Å². The maximum Gasteiger partial charge on any atom is 0.416 e. The largest absolute Gasteiger partial charge is 0.416 e. The van der Waals surface area contributed by atoms with E-state index >= 15 is 0 Å². The van der Waals surface area contributed by atoms with Crippen LogP contribution in [0.3, 0.4) is 0 Å². The first-order valence-corrected chi connectivity index (χ1v) is 14.4. The van der Waals surface area contributed by atoms with Gasteiger partial charge in [0.25, 0.3) is 0 Å². The van der Waals surface area contributed by atoms with Crippen molar-refractivity contribution >= 4 is 19.7 Å². The minimum absolute atomic E-state index is 0.0435. The van der Waals surface area contributed by atoms with E-state index in [0.29, 0.717) is 12.1 Å². The van der Waals surface area contributed by atoms with Gasteiger partial charge in [0.15, 0.2) is 24.7 Å². The zero-order valence-corrected chi connectivity index (χ0v) is 20.9. The van der Waals surface area contributed by atoms with E-state index in [9.17, 15) is 38.8 Å². The Hall–Kier alpha value is -2.86. The van der Waals surface area contributed by atoms with Crippen molar-refractivity contribution in [2.45, 2.75) is 46.5 Å². The topological polar surface area (TPSA) is 81.2 Å². The van der Waals surface area contributed by atoms with Crippen LogP contribution in [0.1, 0.15) is 36.8 Å². The second-order valence-electron chi connectivity index (χ2n) is 9.04. The Labute approximate surface area is 211 Å². The van der Waals surface area contributed by atoms with Gasteiger partial charge in [-0.05, 0) is 86.2 Å². The van der Waals surface area contributed by atoms with E-state index in [2.05, 4.69) is 4.98 Å². The predicted octanol–water partition coefficient (Wildman–Crippen LogP) is 5.71. The van der Waals surface area contributed by atoms with Crippen LogP contribution in [0.15, 0.2) is 76.8 Å². The molecule has 0 aliphatic heterocycles. The van der Waals surface area contributed by atoms with Gasteiger partial charge in [0.1, 0.15) is 16.4 Å². The molecule has 1 saturated carbocycles. The first kappa shape index (κ1) is 27.2. The van der Waals surface area contributed by atoms with Crippen LogP contribution in [0, 0.1) is 17.6 Å². The van der Waals surface area contributed by atoms with Gasteiger partial charge >= 0.3 is 6.18 Å². The molecule has 2 aromatic carbocycles. The summed E-state index contributed by atoms with van der Waals surface area (Å²) >= 11 is 0. The summed E-state index contributed by atoms with van der Waals surface area (Å²) in [6, 6.07) is 9.68. The third kappa shape index (κ3) is 5.26. The monoisotopic (exact) mass is 559 g/mol. The Morgan fingerprint density at radius 3 is 2.11 bits per heavy atom. The van der Waals surface area contributed by atoms with E-state index in [4.69, 9.17) is 0 Å². The Morgan fingerprint density at radius 2 is 1.54 bits per heavy atom. The number of pyridine rings is 1. The summed E-state index contributed by atoms with van der Waals surface area (Å²) in [6.07, 6.45) is -3.77. The van der Waals surface area contributed by atoms with Gasteiger partial charge in [-0.3, -0.25) is 0 Å². The smallest absolute Gasteiger partial charge is 0.245 e. The number of rotatable bonds is 6. The van der Waals surface area contributed by atoms with E-state index in [1.54, 1.807) is 6.07 Å². The summed E-state index contributed by atoms with van der Waals surface area (Å²) in [4.78, 5) is 3.39. The first-order valence-electron chi connectivity index (χ1n) is 11.3. The molecule has 0 bridgehead atoms. The van der Waals surface area contributed by atoms with Crippen LogP contribution in [-0.4, -0.2) is 27.6 Å². The van der Waals surface area contributed by atoms with Crippen LogP contribution in [-0.2, 0) is 30.6 Å². The Bertz CT molecular complexity index is 1480. The lowest BCUT2D eigenvalue weighted by atomic mass is 9.78. The molecule has 12 heteroatoms. The van der Waals surface area contributed by atoms with E-state index in [0.717, 1.165) is 30.3 Å². The van der Waals surface area contributed by atoms with Crippen molar-refractivity contribution in [2.24, 2.45) is 5.92 Å². The molecule has 1 aliphatic rings. The molecule has 37 heavy (non-hydrogen) atoms. The number of benzene rings is 2. The number of nitrogens with zero attached hydrogens (tertiary/aromatic N) is 1. The lowest BCUT2D eigenvalue weighted by molar-refractivity contribution is -0.137. The van der Waals surface area contributed by atoms with Crippen molar-refractivity contribution in [3.05, 3.63) is 89.6 Å². The normalized spacial score (nSPS) is 21.1. The third-order valence-electron chi connectivity index (χ3n) is 6.75. The maximum absolute atomic E-state index is 15.0. The third-order valence-corrected chi connectivity index (χ3v) is 11.1. The molecule has 1 aromatic heterocycles. The molecule has 198 valence electrons. The summed E-state index contributed by atoms with van der Waals surface area (Å²) in [5.74, 6) is -2.65. The van der Waals surface area contributed by atoms with Gasteiger partial charge in [0, 0.05) is 11.8 Å². The molecule has 0 N–H and O–H groups in total. The highest BCUT2D eigenvalue weighted by Crippen LogP contribution is 2.49. The molecule has 5 nitrogen and oxygen atoms in total. The predicted molar refractivity (Wildman–Crippen MR) is 125 cm³/mol. The van der Waals surface area contributed by atoms with Crippen molar-refractivity contribution in [1.29, 1.82) is 0 Å². The van der Waals surface area contributed by atoms with Gasteiger partial charge in [0.2, 0.25) is 0 Å². The highest BCUT2D eigenvalue weighted by atomic mass is 32.2. The van der Waals surface area contributed by atoms with Crippen LogP contribution in [0.25, 0.3) is 0 Å². The van der Waals surface area contributed by atoms with Crippen molar-refractivity contribution in [3.63, 3.8) is 0 Å². The minimum Gasteiger partial charge on any atom is -0.245 e. The standard InChI is InChI=1S/C25H22F5NO4S2/c26-19-6-9-22(27)21(15-19)24(37(34,35)20-7-4-18(5-8-20)25(28,29)30)12-10-17(11-13-24)16-36(32,33)23-3-1-2-14-31-23/h1-9,14-15,17H,10-13,16H2. The zero-order chi connectivity index (χ0) is 27.1. The van der Waals surface area contributed by atoms with E-state index in [-0.39, 0.29) is 36.5 Å². The molecule has 0 radical (unpaired) electrons. The lowest BCUT2D eigenvalue weighted by Gasteiger charge is -2.40. The van der Waals surface area contributed by atoms with Crippen LogP contribution < -0.4 is 0 Å². The van der Waals surface area contributed by atoms with E-state index in [1.807, 2.05) is 0 Å². The van der Waals surface area contributed by atoms with Crippen LogP contribution in [0.5, 0.6) is 0 Å². The highest BCUT2D eigenvalue weighted by molar-refractivity contribution is 7.92. The number of halogens is 5. The fourth-order valence-corrected chi connectivity index (χ4v) is 8.61. The molecule has 1 heterocycles. The summed E-state index contributed by atoms with van der Waals surface area (Å²) in [5, 5.41) is -0.125. The molecule has 1 aliphatic carbocycles. The number of sulfone groups is 2. The Kier molecular flexibility index (Phi) is 7.19. The summed E-state index contributed by atoms with van der Waals surface area (Å²) in [6.45, 7) is 0. The summed E-state index contributed by atoms with van der Waals surface area (Å²) in [7, 11) is -8.32. The molecule has 3 aromatic rings. The van der Waals surface area contributed by atoms with Gasteiger partial charge in [-0.1, -0.05) is 6.07 Å². The minimum atomic E-state index is -4.69. The summed E-state index contributed by atoms with van der Waals surface area (Å²) < 4.78 is 119. The van der Waals surface area contributed by atoms with Gasteiger partial charge in [0.05, 0.1) is 16.2 Å². The fourth-order valence-electron chi connectivity index (χ4n) is 4.82. The summed E-state index contributed by atoms with van der Waals surface area (Å²) in [5.41, 5.74) is -1.49. The molecule has 0 spiro atoms. The van der Waals surface area contributed by atoms with Gasteiger partial charge in [-0.2, -0.15) is 13.2 Å². The van der Waals surface area contributed by atoms with Crippen molar-refractivity contribution < 1.29 is 38.8 Å². The van der Waals surface area contributed by atoms with Gasteiger partial charge in [-0.15, -0.1) is 0 Å². The quantitative estimate of drug-likeness (QED) is 0.362. The van der Waals surface area contributed by atoms with Crippen molar-refractivity contribution in [1.82, 2.24) is 4.98 Å². The average Bonchev–Trinajstić information content (AvgIpc) is 2.86. The number of hydrogen-bond donors (Lipinski definition) is 0. The molecule has 0 amide bonds. The molecule has 1 fully saturated rings. The first-order chi connectivity index (χ1) is 17.3. The zero-order valence-electron chi connectivity index (χ0n) is 19.3. The number of aromatic nitrogens is 1. The van der Waals surface area contributed by atoms with Crippen LogP contribution >= 0.6 is 0 Å². The number of hydrogen-bond acceptors (Lipinski definition) is 5. The fraction of sp³-hybridized carbons (Fsp3) is 0.320. The molecule has 0 saturated heterocycles. The lowest BCUT2D eigenvalue weighted by Crippen LogP contribution is -2.41. The average molecular weight is 560 g/mol. The second-order valence-corrected chi connectivity index (χ2v) is 13.3. The van der Waals surface area contributed by atoms with Gasteiger partial charge in [-0.25, -0.2) is 30.6 Å². The SMILES string of the molecule is O=S(=O)(CC1CCC(c2cc(F)ccc2F)(S(=O)(=O)c2ccc(C(F)(F)F)cc2)CC1)c1ccccn1. The van der Waals surface area contributed by atoms with Crippen molar-refractivity contribution in [2.75, 3.05) is 5.75 Å². The van der Waals surface area contributed by atoms with Crippen LogP contribution in [0.4, 0.5) is 22.0 Å². The van der Waals surface area contributed by atoms with E-state index in [1.165, 1.54) is 18.3 Å². The molecule has 4 rings (SSSR count). The van der Waals surface area contributed by atoms with Crippen molar-refractivity contribution in [3.8, 4) is 0 Å². The number of alkyl halides is 3. The second kappa shape index (κ2) is 9.79. The Balaban J connectivity index is 1.71. The highest BCUT2D eigenvalue weighted by Gasteiger charge is 2.50.